The van der Waals surface area contributed by atoms with Gasteiger partial charge in [-0.1, -0.05) is 65.9 Å². The fourth-order valence-corrected chi connectivity index (χ4v) is 4.61. The van der Waals surface area contributed by atoms with Gasteiger partial charge in [-0.25, -0.2) is 4.68 Å². The number of benzene rings is 3. The van der Waals surface area contributed by atoms with Crippen LogP contribution in [0, 0.1) is 6.92 Å². The Morgan fingerprint density at radius 3 is 2.37 bits per heavy atom. The van der Waals surface area contributed by atoms with Gasteiger partial charge in [-0.2, -0.15) is 0 Å². The van der Waals surface area contributed by atoms with E-state index in [1.54, 1.807) is 0 Å². The molecule has 2 heterocycles. The number of para-hydroxylation sites is 2. The second-order valence-electron chi connectivity index (χ2n) is 8.26. The molecular formula is C26H26N4. The lowest BCUT2D eigenvalue weighted by Crippen LogP contribution is -2.33. The standard InChI is InChI=1S/C26H26N4/c1-20-19-29(24-15-8-6-13-22(20)24)18-10-17-26(2,21-11-4-3-5-12-21)30-25-16-9-7-14-23(25)27-28-30/h3-9,11-16,19H,10,17-18H2,1-2H3. The number of aryl methyl sites for hydroxylation is 2. The van der Waals surface area contributed by atoms with Gasteiger partial charge in [-0.15, -0.1) is 5.10 Å². The maximum atomic E-state index is 4.58. The molecular weight excluding hydrogens is 368 g/mol. The van der Waals surface area contributed by atoms with E-state index in [2.05, 4.69) is 106 Å². The molecule has 0 aliphatic rings. The zero-order chi connectivity index (χ0) is 20.6. The highest BCUT2D eigenvalue weighted by Gasteiger charge is 2.31. The third-order valence-corrected chi connectivity index (χ3v) is 6.27. The Morgan fingerprint density at radius 1 is 0.833 bits per heavy atom. The summed E-state index contributed by atoms with van der Waals surface area (Å²) in [6.07, 6.45) is 4.28. The Kier molecular flexibility index (Phi) is 4.62. The van der Waals surface area contributed by atoms with Gasteiger partial charge in [0.05, 0.1) is 11.1 Å². The van der Waals surface area contributed by atoms with Gasteiger partial charge in [0.25, 0.3) is 0 Å². The predicted molar refractivity (Wildman–Crippen MR) is 123 cm³/mol. The molecule has 3 aromatic carbocycles. The van der Waals surface area contributed by atoms with Gasteiger partial charge in [0.1, 0.15) is 5.52 Å². The molecule has 1 unspecified atom stereocenters. The van der Waals surface area contributed by atoms with E-state index in [-0.39, 0.29) is 5.54 Å². The summed E-state index contributed by atoms with van der Waals surface area (Å²) >= 11 is 0. The molecule has 4 nitrogen and oxygen atoms in total. The first-order valence-electron chi connectivity index (χ1n) is 10.6. The van der Waals surface area contributed by atoms with Crippen molar-refractivity contribution in [1.29, 1.82) is 0 Å². The topological polar surface area (TPSA) is 35.6 Å². The lowest BCUT2D eigenvalue weighted by molar-refractivity contribution is 0.316. The summed E-state index contributed by atoms with van der Waals surface area (Å²) in [5.41, 5.74) is 5.64. The molecule has 0 fully saturated rings. The van der Waals surface area contributed by atoms with E-state index >= 15 is 0 Å². The van der Waals surface area contributed by atoms with Crippen molar-refractivity contribution < 1.29 is 0 Å². The third kappa shape index (κ3) is 3.09. The minimum absolute atomic E-state index is 0.268. The second kappa shape index (κ2) is 7.45. The summed E-state index contributed by atoms with van der Waals surface area (Å²) in [5.74, 6) is 0. The van der Waals surface area contributed by atoms with E-state index in [0.29, 0.717) is 0 Å². The monoisotopic (exact) mass is 394 g/mol. The largest absolute Gasteiger partial charge is 0.347 e. The zero-order valence-electron chi connectivity index (χ0n) is 17.5. The van der Waals surface area contributed by atoms with Crippen LogP contribution in [0.5, 0.6) is 0 Å². The summed E-state index contributed by atoms with van der Waals surface area (Å²) in [6.45, 7) is 5.44. The average Bonchev–Trinajstić information content (AvgIpc) is 3.36. The van der Waals surface area contributed by atoms with E-state index in [1.165, 1.54) is 22.0 Å². The highest BCUT2D eigenvalue weighted by molar-refractivity contribution is 5.83. The number of hydrogen-bond donors (Lipinski definition) is 0. The first-order chi connectivity index (χ1) is 14.7. The minimum Gasteiger partial charge on any atom is -0.347 e. The van der Waals surface area contributed by atoms with E-state index in [1.807, 2.05) is 12.1 Å². The minimum atomic E-state index is -0.268. The summed E-state index contributed by atoms with van der Waals surface area (Å²) in [7, 11) is 0. The number of aromatic nitrogens is 4. The first-order valence-corrected chi connectivity index (χ1v) is 10.6. The van der Waals surface area contributed by atoms with Crippen molar-refractivity contribution in [2.24, 2.45) is 0 Å². The van der Waals surface area contributed by atoms with Crippen LogP contribution >= 0.6 is 0 Å². The van der Waals surface area contributed by atoms with Gasteiger partial charge < -0.3 is 4.57 Å². The molecule has 0 saturated carbocycles. The predicted octanol–water partition coefficient (Wildman–Crippen LogP) is 5.94. The molecule has 0 N–H and O–H groups in total. The highest BCUT2D eigenvalue weighted by Crippen LogP contribution is 2.33. The Labute approximate surface area is 176 Å². The number of fused-ring (bicyclic) bond motifs is 2. The molecule has 5 aromatic rings. The van der Waals surface area contributed by atoms with Crippen LogP contribution in [0.4, 0.5) is 0 Å². The SMILES string of the molecule is Cc1cn(CCCC(C)(c2ccccc2)n2nnc3ccccc32)c2ccccc12. The lowest BCUT2D eigenvalue weighted by atomic mass is 9.87. The van der Waals surface area contributed by atoms with Crippen LogP contribution in [0.15, 0.2) is 85.1 Å². The Morgan fingerprint density at radius 2 is 1.53 bits per heavy atom. The summed E-state index contributed by atoms with van der Waals surface area (Å²) < 4.78 is 4.49. The maximum Gasteiger partial charge on any atom is 0.113 e. The number of hydrogen-bond acceptors (Lipinski definition) is 2. The van der Waals surface area contributed by atoms with Crippen molar-refractivity contribution in [3.63, 3.8) is 0 Å². The van der Waals surface area contributed by atoms with Gasteiger partial charge in [0.15, 0.2) is 0 Å². The van der Waals surface area contributed by atoms with Crippen LogP contribution in [0.25, 0.3) is 21.9 Å². The molecule has 0 aliphatic carbocycles. The summed E-state index contributed by atoms with van der Waals surface area (Å²) in [6, 6.07) is 27.5. The molecule has 4 heteroatoms. The molecule has 0 bridgehead atoms. The zero-order valence-corrected chi connectivity index (χ0v) is 17.5. The molecule has 0 radical (unpaired) electrons. The Balaban J connectivity index is 1.49. The fraction of sp³-hybridized carbons (Fsp3) is 0.231. The Hall–Kier alpha value is -3.40. The Bertz CT molecular complexity index is 1300. The maximum absolute atomic E-state index is 4.58. The van der Waals surface area contributed by atoms with Gasteiger partial charge >= 0.3 is 0 Å². The molecule has 2 aromatic heterocycles. The van der Waals surface area contributed by atoms with Crippen LogP contribution in [0.3, 0.4) is 0 Å². The van der Waals surface area contributed by atoms with Crippen LogP contribution in [0.1, 0.15) is 30.9 Å². The van der Waals surface area contributed by atoms with E-state index < -0.39 is 0 Å². The van der Waals surface area contributed by atoms with Crippen molar-refractivity contribution in [2.45, 2.75) is 38.8 Å². The molecule has 1 atom stereocenters. The van der Waals surface area contributed by atoms with Gasteiger partial charge in [-0.05, 0) is 56.0 Å². The number of nitrogens with zero attached hydrogens (tertiary/aromatic N) is 4. The average molecular weight is 395 g/mol. The van der Waals surface area contributed by atoms with Crippen molar-refractivity contribution in [3.8, 4) is 0 Å². The molecule has 0 aliphatic heterocycles. The van der Waals surface area contributed by atoms with Crippen LogP contribution in [0.2, 0.25) is 0 Å². The highest BCUT2D eigenvalue weighted by atomic mass is 15.5. The van der Waals surface area contributed by atoms with Gasteiger partial charge in [0.2, 0.25) is 0 Å². The summed E-state index contributed by atoms with van der Waals surface area (Å²) in [4.78, 5) is 0. The molecule has 150 valence electrons. The van der Waals surface area contributed by atoms with Crippen molar-refractivity contribution >= 4 is 21.9 Å². The lowest BCUT2D eigenvalue weighted by Gasteiger charge is -2.31. The number of rotatable bonds is 6. The molecule has 5 rings (SSSR count). The first kappa shape index (κ1) is 18.6. The second-order valence-corrected chi connectivity index (χ2v) is 8.26. The van der Waals surface area contributed by atoms with Crippen molar-refractivity contribution in [3.05, 3.63) is 96.2 Å². The molecule has 0 saturated heterocycles. The van der Waals surface area contributed by atoms with Crippen LogP contribution in [-0.4, -0.2) is 19.6 Å². The van der Waals surface area contributed by atoms with Gasteiger partial charge in [0, 0.05) is 23.6 Å². The van der Waals surface area contributed by atoms with Crippen molar-refractivity contribution in [2.75, 3.05) is 0 Å². The fourth-order valence-electron chi connectivity index (χ4n) is 4.61. The third-order valence-electron chi connectivity index (χ3n) is 6.27. The summed E-state index contributed by atoms with van der Waals surface area (Å²) in [5, 5.41) is 10.4. The van der Waals surface area contributed by atoms with E-state index in [9.17, 15) is 0 Å². The quantitative estimate of drug-likeness (QED) is 0.357. The smallest absolute Gasteiger partial charge is 0.113 e. The van der Waals surface area contributed by atoms with Crippen LogP contribution < -0.4 is 0 Å². The van der Waals surface area contributed by atoms with Crippen molar-refractivity contribution in [1.82, 2.24) is 19.6 Å². The van der Waals surface area contributed by atoms with Gasteiger partial charge in [-0.3, -0.25) is 0 Å². The van der Waals surface area contributed by atoms with Crippen LogP contribution in [-0.2, 0) is 12.1 Å². The molecule has 0 amide bonds. The van der Waals surface area contributed by atoms with E-state index in [4.69, 9.17) is 0 Å². The molecule has 30 heavy (non-hydrogen) atoms. The molecule has 0 spiro atoms. The normalized spacial score (nSPS) is 13.7. The van der Waals surface area contributed by atoms with E-state index in [0.717, 1.165) is 30.4 Å².